The third-order valence-corrected chi connectivity index (χ3v) is 4.84. The topological polar surface area (TPSA) is 102 Å². The van der Waals surface area contributed by atoms with Gasteiger partial charge in [-0.3, -0.25) is 9.59 Å². The van der Waals surface area contributed by atoms with Crippen LogP contribution in [0.1, 0.15) is 34.2 Å². The molecule has 0 unspecified atom stereocenters. The minimum Gasteiger partial charge on any atom is -0.454 e. The van der Waals surface area contributed by atoms with Gasteiger partial charge in [-0.1, -0.05) is 18.2 Å². The first-order valence-electron chi connectivity index (χ1n) is 8.91. The summed E-state index contributed by atoms with van der Waals surface area (Å²) in [5.41, 5.74) is 3.55. The third-order valence-electron chi connectivity index (χ3n) is 4.84. The molecule has 0 aliphatic heterocycles. The lowest BCUT2D eigenvalue weighted by Gasteiger charge is -2.14. The largest absolute Gasteiger partial charge is 0.454 e. The maximum Gasteiger partial charge on any atom is 0.311 e. The van der Waals surface area contributed by atoms with Crippen molar-refractivity contribution in [2.24, 2.45) is 0 Å². The molecule has 1 N–H and O–H groups in total. The van der Waals surface area contributed by atoms with Gasteiger partial charge in [0.1, 0.15) is 6.33 Å². The van der Waals surface area contributed by atoms with Gasteiger partial charge in [0.2, 0.25) is 5.78 Å². The summed E-state index contributed by atoms with van der Waals surface area (Å²) in [6.07, 6.45) is 2.18. The summed E-state index contributed by atoms with van der Waals surface area (Å²) < 4.78 is 7.00. The number of carbonyl (C=O) groups is 2. The number of ether oxygens (including phenoxy) is 1. The van der Waals surface area contributed by atoms with Gasteiger partial charge in [-0.25, -0.2) is 9.50 Å². The number of nitrogens with zero attached hydrogens (tertiary/aromatic N) is 4. The van der Waals surface area contributed by atoms with E-state index in [9.17, 15) is 9.59 Å². The van der Waals surface area contributed by atoms with Gasteiger partial charge >= 0.3 is 5.97 Å². The average molecular weight is 377 g/mol. The lowest BCUT2D eigenvalue weighted by Crippen LogP contribution is -2.25. The van der Waals surface area contributed by atoms with E-state index in [1.807, 2.05) is 38.1 Å². The Balaban J connectivity index is 1.51. The Labute approximate surface area is 160 Å². The molecule has 1 aromatic carbocycles. The van der Waals surface area contributed by atoms with Crippen molar-refractivity contribution in [2.75, 3.05) is 0 Å². The Hall–Kier alpha value is -3.55. The van der Waals surface area contributed by atoms with Gasteiger partial charge in [-0.05, 0) is 26.8 Å². The Kier molecular flexibility index (Phi) is 4.38. The molecule has 0 fully saturated rings. The molecule has 0 aliphatic carbocycles. The molecule has 3 aromatic heterocycles. The Morgan fingerprint density at radius 2 is 2.04 bits per heavy atom. The molecule has 0 radical (unpaired) electrons. The van der Waals surface area contributed by atoms with Crippen LogP contribution in [0.2, 0.25) is 0 Å². The summed E-state index contributed by atoms with van der Waals surface area (Å²) in [4.78, 5) is 36.7. The minimum absolute atomic E-state index is 0.00592. The summed E-state index contributed by atoms with van der Waals surface area (Å²) in [5, 5.41) is 4.92. The van der Waals surface area contributed by atoms with Crippen molar-refractivity contribution in [3.05, 3.63) is 59.3 Å². The number of carbonyl (C=O) groups excluding carboxylic acids is 2. The highest BCUT2D eigenvalue weighted by atomic mass is 16.5. The van der Waals surface area contributed by atoms with E-state index in [2.05, 4.69) is 20.1 Å². The third kappa shape index (κ3) is 3.02. The van der Waals surface area contributed by atoms with Crippen LogP contribution in [-0.4, -0.2) is 42.4 Å². The summed E-state index contributed by atoms with van der Waals surface area (Å²) in [6, 6.07) is 7.50. The predicted molar refractivity (Wildman–Crippen MR) is 102 cm³/mol. The number of aromatic nitrogens is 5. The van der Waals surface area contributed by atoms with E-state index in [1.165, 1.54) is 6.33 Å². The molecule has 28 heavy (non-hydrogen) atoms. The van der Waals surface area contributed by atoms with Gasteiger partial charge in [-0.15, -0.1) is 0 Å². The van der Waals surface area contributed by atoms with Crippen molar-refractivity contribution >= 4 is 28.4 Å². The predicted octanol–water partition coefficient (Wildman–Crippen LogP) is 2.58. The lowest BCUT2D eigenvalue weighted by atomic mass is 10.1. The van der Waals surface area contributed by atoms with E-state index in [0.717, 1.165) is 22.2 Å². The zero-order valence-electron chi connectivity index (χ0n) is 15.8. The number of Topliss-reactive ketones (excluding diaryl/α,β-unsaturated/α-hetero) is 1. The quantitative estimate of drug-likeness (QED) is 0.424. The Morgan fingerprint density at radius 1 is 1.25 bits per heavy atom. The van der Waals surface area contributed by atoms with Crippen molar-refractivity contribution in [3.63, 3.8) is 0 Å². The summed E-state index contributed by atoms with van der Waals surface area (Å²) in [5.74, 6) is -0.257. The fraction of sp³-hybridized carbons (Fsp3) is 0.250. The van der Waals surface area contributed by atoms with Crippen LogP contribution in [0.25, 0.3) is 16.7 Å². The number of fused-ring (bicyclic) bond motifs is 2. The number of aryl methyl sites for hydroxylation is 2. The zero-order chi connectivity index (χ0) is 19.8. The van der Waals surface area contributed by atoms with E-state index < -0.39 is 12.1 Å². The number of hydrogen-bond acceptors (Lipinski definition) is 6. The van der Waals surface area contributed by atoms with Crippen molar-refractivity contribution in [1.82, 2.24) is 24.6 Å². The molecule has 0 spiro atoms. The Bertz CT molecular complexity index is 1210. The number of esters is 1. The van der Waals surface area contributed by atoms with Crippen molar-refractivity contribution in [2.45, 2.75) is 33.3 Å². The van der Waals surface area contributed by atoms with Crippen LogP contribution >= 0.6 is 0 Å². The molecule has 8 heteroatoms. The molecule has 1 atom stereocenters. The Morgan fingerprint density at radius 3 is 2.86 bits per heavy atom. The van der Waals surface area contributed by atoms with Crippen LogP contribution < -0.4 is 0 Å². The van der Waals surface area contributed by atoms with Crippen LogP contribution in [0.4, 0.5) is 0 Å². The smallest absolute Gasteiger partial charge is 0.311 e. The molecular weight excluding hydrogens is 358 g/mol. The van der Waals surface area contributed by atoms with Crippen molar-refractivity contribution < 1.29 is 14.3 Å². The van der Waals surface area contributed by atoms with Gasteiger partial charge in [0, 0.05) is 39.6 Å². The van der Waals surface area contributed by atoms with E-state index in [-0.39, 0.29) is 12.2 Å². The number of nitrogens with one attached hydrogen (secondary N) is 1. The molecule has 0 aliphatic rings. The highest BCUT2D eigenvalue weighted by Gasteiger charge is 2.23. The molecule has 8 nitrogen and oxygen atoms in total. The van der Waals surface area contributed by atoms with Gasteiger partial charge < -0.3 is 9.72 Å². The van der Waals surface area contributed by atoms with Crippen molar-refractivity contribution in [1.29, 1.82) is 0 Å². The number of ketones is 1. The SMILES string of the molecule is Cc1nc2ncnn2c(C)c1CC(=O)O[C@@H](C)C(=O)c1c[nH]c2ccccc12. The van der Waals surface area contributed by atoms with Crippen LogP contribution in [0.15, 0.2) is 36.8 Å². The molecule has 4 rings (SSSR count). The molecule has 0 saturated heterocycles. The number of rotatable bonds is 5. The first-order chi connectivity index (χ1) is 13.5. The van der Waals surface area contributed by atoms with E-state index >= 15 is 0 Å². The minimum atomic E-state index is -0.893. The van der Waals surface area contributed by atoms with E-state index in [4.69, 9.17) is 4.74 Å². The maximum absolute atomic E-state index is 12.7. The normalized spacial score (nSPS) is 12.4. The molecule has 4 aromatic rings. The van der Waals surface area contributed by atoms with Gasteiger partial charge in [0.25, 0.3) is 5.78 Å². The lowest BCUT2D eigenvalue weighted by molar-refractivity contribution is -0.145. The number of para-hydroxylation sites is 1. The maximum atomic E-state index is 12.7. The zero-order valence-corrected chi connectivity index (χ0v) is 15.8. The molecule has 0 saturated carbocycles. The summed E-state index contributed by atoms with van der Waals surface area (Å²) in [7, 11) is 0. The summed E-state index contributed by atoms with van der Waals surface area (Å²) in [6.45, 7) is 5.24. The van der Waals surface area contributed by atoms with Crippen LogP contribution in [0.3, 0.4) is 0 Å². The van der Waals surface area contributed by atoms with Crippen molar-refractivity contribution in [3.8, 4) is 0 Å². The van der Waals surface area contributed by atoms with Gasteiger partial charge in [-0.2, -0.15) is 10.1 Å². The number of aromatic amines is 1. The summed E-state index contributed by atoms with van der Waals surface area (Å²) >= 11 is 0. The first-order valence-corrected chi connectivity index (χ1v) is 8.91. The second-order valence-corrected chi connectivity index (χ2v) is 6.65. The van der Waals surface area contributed by atoms with Crippen LogP contribution in [0, 0.1) is 13.8 Å². The first kappa shape index (κ1) is 17.8. The van der Waals surface area contributed by atoms with Gasteiger partial charge in [0.05, 0.1) is 6.42 Å². The van der Waals surface area contributed by atoms with E-state index in [1.54, 1.807) is 17.6 Å². The molecular formula is C20H19N5O3. The molecule has 0 amide bonds. The van der Waals surface area contributed by atoms with Crippen LogP contribution in [0.5, 0.6) is 0 Å². The molecule has 3 heterocycles. The average Bonchev–Trinajstić information content (AvgIpc) is 3.31. The highest BCUT2D eigenvalue weighted by Crippen LogP contribution is 2.20. The fourth-order valence-electron chi connectivity index (χ4n) is 3.34. The van der Waals surface area contributed by atoms with Crippen LogP contribution in [-0.2, 0) is 16.0 Å². The number of H-pyrrole nitrogens is 1. The highest BCUT2D eigenvalue weighted by molar-refractivity contribution is 6.10. The van der Waals surface area contributed by atoms with Gasteiger partial charge in [0.15, 0.2) is 6.10 Å². The standard InChI is InChI=1S/C20H19N5O3/c1-11-15(12(2)25-20(24-11)22-10-23-25)8-18(26)28-13(3)19(27)16-9-21-17-7-5-4-6-14(16)17/h4-7,9-10,13,21H,8H2,1-3H3/t13-/m0/s1. The second-order valence-electron chi connectivity index (χ2n) is 6.65. The fourth-order valence-corrected chi connectivity index (χ4v) is 3.34. The second kappa shape index (κ2) is 6.88. The molecule has 0 bridgehead atoms. The molecule has 142 valence electrons. The van der Waals surface area contributed by atoms with E-state index in [0.29, 0.717) is 17.0 Å². The number of hydrogen-bond donors (Lipinski definition) is 1. The number of benzene rings is 1. The monoisotopic (exact) mass is 377 g/mol.